The van der Waals surface area contributed by atoms with Gasteiger partial charge in [-0.15, -0.1) is 0 Å². The number of piperidine rings is 1. The molecule has 0 aromatic carbocycles. The zero-order valence-electron chi connectivity index (χ0n) is 11.5. The third-order valence-electron chi connectivity index (χ3n) is 4.71. The molecule has 2 atom stereocenters. The van der Waals surface area contributed by atoms with Gasteiger partial charge in [0.05, 0.1) is 0 Å². The monoisotopic (exact) mass is 238 g/mol. The van der Waals surface area contributed by atoms with Crippen LogP contribution in [-0.4, -0.2) is 25.2 Å². The first-order chi connectivity index (χ1) is 8.36. The molecule has 2 fully saturated rings. The van der Waals surface area contributed by atoms with Crippen molar-refractivity contribution in [3.05, 3.63) is 0 Å². The van der Waals surface area contributed by atoms with Crippen LogP contribution >= 0.6 is 0 Å². The topological polar surface area (TPSA) is 24.1 Å². The number of hydrogen-bond donors (Lipinski definition) is 2. The van der Waals surface area contributed by atoms with Crippen LogP contribution in [0.15, 0.2) is 0 Å². The van der Waals surface area contributed by atoms with Gasteiger partial charge in [-0.3, -0.25) is 0 Å². The summed E-state index contributed by atoms with van der Waals surface area (Å²) < 4.78 is 0. The van der Waals surface area contributed by atoms with E-state index in [4.69, 9.17) is 0 Å². The van der Waals surface area contributed by atoms with Crippen LogP contribution in [0.25, 0.3) is 0 Å². The van der Waals surface area contributed by atoms with E-state index in [1.165, 1.54) is 70.9 Å². The zero-order valence-corrected chi connectivity index (χ0v) is 11.5. The fourth-order valence-corrected chi connectivity index (χ4v) is 3.40. The predicted molar refractivity (Wildman–Crippen MR) is 74.3 cm³/mol. The van der Waals surface area contributed by atoms with Crippen LogP contribution in [0.2, 0.25) is 0 Å². The summed E-state index contributed by atoms with van der Waals surface area (Å²) in [6, 6.07) is 1.45. The van der Waals surface area contributed by atoms with E-state index in [0.717, 1.165) is 18.0 Å². The fourth-order valence-electron chi connectivity index (χ4n) is 3.40. The Labute approximate surface area is 107 Å². The van der Waals surface area contributed by atoms with Crippen LogP contribution in [-0.2, 0) is 0 Å². The van der Waals surface area contributed by atoms with Gasteiger partial charge < -0.3 is 10.6 Å². The summed E-state index contributed by atoms with van der Waals surface area (Å²) in [5, 5.41) is 7.41. The molecule has 1 aliphatic heterocycles. The van der Waals surface area contributed by atoms with Crippen molar-refractivity contribution in [2.45, 2.75) is 76.8 Å². The molecule has 2 heteroatoms. The van der Waals surface area contributed by atoms with E-state index >= 15 is 0 Å². The Balaban J connectivity index is 1.66. The maximum atomic E-state index is 3.79. The highest BCUT2D eigenvalue weighted by Gasteiger charge is 2.20. The molecule has 2 aliphatic rings. The molecule has 1 saturated carbocycles. The van der Waals surface area contributed by atoms with Gasteiger partial charge in [-0.05, 0) is 45.1 Å². The molecule has 2 N–H and O–H groups in total. The van der Waals surface area contributed by atoms with Crippen LogP contribution < -0.4 is 10.6 Å². The zero-order chi connectivity index (χ0) is 11.9. The van der Waals surface area contributed by atoms with E-state index in [2.05, 4.69) is 17.6 Å². The van der Waals surface area contributed by atoms with Gasteiger partial charge in [0.25, 0.3) is 0 Å². The minimum atomic E-state index is 0.719. The summed E-state index contributed by atoms with van der Waals surface area (Å²) in [7, 11) is 0. The Kier molecular flexibility index (Phi) is 5.79. The van der Waals surface area contributed by atoms with E-state index in [9.17, 15) is 0 Å². The molecule has 17 heavy (non-hydrogen) atoms. The van der Waals surface area contributed by atoms with E-state index in [-0.39, 0.29) is 0 Å². The second kappa shape index (κ2) is 7.38. The second-order valence-corrected chi connectivity index (χ2v) is 6.10. The fraction of sp³-hybridized carbons (Fsp3) is 1.00. The molecular formula is C15H30N2. The largest absolute Gasteiger partial charge is 0.313 e. The molecule has 0 aromatic heterocycles. The predicted octanol–water partition coefficient (Wildman–Crippen LogP) is 3.08. The first-order valence-corrected chi connectivity index (χ1v) is 7.83. The molecule has 1 heterocycles. The summed E-state index contributed by atoms with van der Waals surface area (Å²) in [5.41, 5.74) is 0. The molecular weight excluding hydrogens is 208 g/mol. The smallest absolute Gasteiger partial charge is 0.0192 e. The molecule has 0 radical (unpaired) electrons. The Morgan fingerprint density at radius 1 is 1.00 bits per heavy atom. The highest BCUT2D eigenvalue weighted by Crippen LogP contribution is 2.25. The molecule has 0 aromatic rings. The Hall–Kier alpha value is -0.0800. The third kappa shape index (κ3) is 4.59. The summed E-state index contributed by atoms with van der Waals surface area (Å²) in [6.45, 7) is 4.81. The van der Waals surface area contributed by atoms with Gasteiger partial charge in [0.2, 0.25) is 0 Å². The molecule has 0 amide bonds. The van der Waals surface area contributed by atoms with Gasteiger partial charge >= 0.3 is 0 Å². The van der Waals surface area contributed by atoms with Crippen molar-refractivity contribution in [2.75, 3.05) is 13.1 Å². The lowest BCUT2D eigenvalue weighted by Crippen LogP contribution is -2.45. The number of nitrogens with one attached hydrogen (secondary N) is 2. The lowest BCUT2D eigenvalue weighted by molar-refractivity contribution is 0.307. The first-order valence-electron chi connectivity index (χ1n) is 7.83. The van der Waals surface area contributed by atoms with Crippen molar-refractivity contribution in [1.29, 1.82) is 0 Å². The highest BCUT2D eigenvalue weighted by atomic mass is 15.0. The van der Waals surface area contributed by atoms with Crippen molar-refractivity contribution >= 4 is 0 Å². The quantitative estimate of drug-likeness (QED) is 0.736. The molecule has 1 saturated heterocycles. The molecule has 2 rings (SSSR count). The van der Waals surface area contributed by atoms with Crippen molar-refractivity contribution in [2.24, 2.45) is 5.92 Å². The van der Waals surface area contributed by atoms with Crippen molar-refractivity contribution < 1.29 is 0 Å². The van der Waals surface area contributed by atoms with Crippen molar-refractivity contribution in [3.63, 3.8) is 0 Å². The molecule has 100 valence electrons. The minimum Gasteiger partial charge on any atom is -0.313 e. The van der Waals surface area contributed by atoms with Gasteiger partial charge in [-0.25, -0.2) is 0 Å². The Bertz CT molecular complexity index is 191. The molecule has 0 bridgehead atoms. The Morgan fingerprint density at radius 2 is 1.71 bits per heavy atom. The highest BCUT2D eigenvalue weighted by molar-refractivity contribution is 4.79. The minimum absolute atomic E-state index is 0.719. The van der Waals surface area contributed by atoms with Crippen LogP contribution in [0.1, 0.15) is 64.7 Å². The van der Waals surface area contributed by atoms with E-state index < -0.39 is 0 Å². The van der Waals surface area contributed by atoms with E-state index in [0.29, 0.717) is 0 Å². The SMILES string of the molecule is C[C@@H](NCC1CCCCN1)C1CCCCCC1. The maximum absolute atomic E-state index is 3.79. The van der Waals surface area contributed by atoms with Crippen LogP contribution in [0.4, 0.5) is 0 Å². The van der Waals surface area contributed by atoms with Crippen LogP contribution in [0.3, 0.4) is 0 Å². The Morgan fingerprint density at radius 3 is 2.35 bits per heavy atom. The van der Waals surface area contributed by atoms with E-state index in [1.54, 1.807) is 0 Å². The first kappa shape index (κ1) is 13.4. The van der Waals surface area contributed by atoms with Crippen molar-refractivity contribution in [3.8, 4) is 0 Å². The maximum Gasteiger partial charge on any atom is 0.0192 e. The average Bonchev–Trinajstić information content (AvgIpc) is 2.66. The lowest BCUT2D eigenvalue weighted by Gasteiger charge is -2.28. The van der Waals surface area contributed by atoms with E-state index in [1.807, 2.05) is 0 Å². The average molecular weight is 238 g/mol. The van der Waals surface area contributed by atoms with Crippen molar-refractivity contribution in [1.82, 2.24) is 10.6 Å². The number of hydrogen-bond acceptors (Lipinski definition) is 2. The number of rotatable bonds is 4. The standard InChI is InChI=1S/C15H30N2/c1-13(14-8-4-2-3-5-9-14)17-12-15-10-6-7-11-16-15/h13-17H,2-12H2,1H3/t13-,15?/m1/s1. The third-order valence-corrected chi connectivity index (χ3v) is 4.71. The molecule has 0 spiro atoms. The van der Waals surface area contributed by atoms with Gasteiger partial charge in [-0.1, -0.05) is 32.1 Å². The van der Waals surface area contributed by atoms with Gasteiger partial charge in [-0.2, -0.15) is 0 Å². The van der Waals surface area contributed by atoms with Gasteiger partial charge in [0.1, 0.15) is 0 Å². The van der Waals surface area contributed by atoms with Gasteiger partial charge in [0, 0.05) is 18.6 Å². The summed E-state index contributed by atoms with van der Waals surface area (Å²) in [6.07, 6.45) is 12.9. The van der Waals surface area contributed by atoms with Crippen LogP contribution in [0.5, 0.6) is 0 Å². The summed E-state index contributed by atoms with van der Waals surface area (Å²) >= 11 is 0. The normalized spacial score (nSPS) is 29.8. The molecule has 1 unspecified atom stereocenters. The summed E-state index contributed by atoms with van der Waals surface area (Å²) in [4.78, 5) is 0. The second-order valence-electron chi connectivity index (χ2n) is 6.10. The lowest BCUT2D eigenvalue weighted by atomic mass is 9.92. The molecule has 1 aliphatic carbocycles. The van der Waals surface area contributed by atoms with Gasteiger partial charge in [0.15, 0.2) is 0 Å². The molecule has 2 nitrogen and oxygen atoms in total. The van der Waals surface area contributed by atoms with Crippen LogP contribution in [0, 0.1) is 5.92 Å². The summed E-state index contributed by atoms with van der Waals surface area (Å²) in [5.74, 6) is 0.932.